The topological polar surface area (TPSA) is 59.7 Å². The molecule has 1 aromatic carbocycles. The highest BCUT2D eigenvalue weighted by atomic mass is 32.1. The highest BCUT2D eigenvalue weighted by molar-refractivity contribution is 7.15. The SMILES string of the molecule is O=c1/c(=C/c2ccc(N3CCOCC3)cc2)sc2ncnn12. The summed E-state index contributed by atoms with van der Waals surface area (Å²) in [5, 5.41) is 3.92. The molecule has 7 heteroatoms. The monoisotopic (exact) mass is 314 g/mol. The Labute approximate surface area is 130 Å². The quantitative estimate of drug-likeness (QED) is 0.691. The van der Waals surface area contributed by atoms with Gasteiger partial charge in [-0.2, -0.15) is 9.61 Å². The first-order valence-corrected chi connectivity index (χ1v) is 7.90. The minimum atomic E-state index is -0.116. The van der Waals surface area contributed by atoms with Crippen LogP contribution < -0.4 is 15.0 Å². The van der Waals surface area contributed by atoms with Gasteiger partial charge in [0, 0.05) is 18.8 Å². The number of morpholine rings is 1. The van der Waals surface area contributed by atoms with Crippen molar-refractivity contribution < 1.29 is 4.74 Å². The molecule has 2 aromatic heterocycles. The summed E-state index contributed by atoms with van der Waals surface area (Å²) in [6, 6.07) is 8.22. The minimum absolute atomic E-state index is 0.116. The Kier molecular flexibility index (Phi) is 3.36. The molecule has 1 saturated heterocycles. The van der Waals surface area contributed by atoms with Crippen LogP contribution in [0.15, 0.2) is 35.4 Å². The van der Waals surface area contributed by atoms with Gasteiger partial charge >= 0.3 is 0 Å². The van der Waals surface area contributed by atoms with Gasteiger partial charge in [-0.15, -0.1) is 0 Å². The van der Waals surface area contributed by atoms with Crippen LogP contribution >= 0.6 is 11.3 Å². The summed E-state index contributed by atoms with van der Waals surface area (Å²) < 4.78 is 7.34. The van der Waals surface area contributed by atoms with E-state index in [0.29, 0.717) is 9.49 Å². The zero-order valence-corrected chi connectivity index (χ0v) is 12.6. The normalized spacial score (nSPS) is 16.5. The molecule has 0 aliphatic carbocycles. The molecule has 4 rings (SSSR count). The van der Waals surface area contributed by atoms with Gasteiger partial charge in [0.25, 0.3) is 5.56 Å². The summed E-state index contributed by atoms with van der Waals surface area (Å²) in [5.41, 5.74) is 2.07. The molecular formula is C15H14N4O2S. The summed E-state index contributed by atoms with van der Waals surface area (Å²) in [7, 11) is 0. The fourth-order valence-corrected chi connectivity index (χ4v) is 3.41. The van der Waals surface area contributed by atoms with E-state index in [2.05, 4.69) is 27.1 Å². The molecule has 0 unspecified atom stereocenters. The molecule has 0 saturated carbocycles. The maximum absolute atomic E-state index is 12.1. The number of rotatable bonds is 2. The van der Waals surface area contributed by atoms with Crippen molar-refractivity contribution in [1.29, 1.82) is 0 Å². The average molecular weight is 314 g/mol. The Morgan fingerprint density at radius 3 is 2.68 bits per heavy atom. The van der Waals surface area contributed by atoms with Crippen LogP contribution in [-0.4, -0.2) is 40.9 Å². The third kappa shape index (κ3) is 2.38. The van der Waals surface area contributed by atoms with Gasteiger partial charge in [0.15, 0.2) is 0 Å². The number of benzene rings is 1. The van der Waals surface area contributed by atoms with Crippen molar-refractivity contribution in [1.82, 2.24) is 14.6 Å². The second kappa shape index (κ2) is 5.51. The Morgan fingerprint density at radius 2 is 1.95 bits per heavy atom. The predicted molar refractivity (Wildman–Crippen MR) is 85.4 cm³/mol. The number of fused-ring (bicyclic) bond motifs is 1. The van der Waals surface area contributed by atoms with Gasteiger partial charge in [0.1, 0.15) is 6.33 Å². The molecule has 0 radical (unpaired) electrons. The summed E-state index contributed by atoms with van der Waals surface area (Å²) in [6.07, 6.45) is 3.28. The number of thiazole rings is 1. The van der Waals surface area contributed by atoms with Crippen molar-refractivity contribution in [2.75, 3.05) is 31.2 Å². The van der Waals surface area contributed by atoms with E-state index < -0.39 is 0 Å². The van der Waals surface area contributed by atoms with Crippen LogP contribution in [0.25, 0.3) is 11.0 Å². The van der Waals surface area contributed by atoms with Crippen molar-refractivity contribution in [3.63, 3.8) is 0 Å². The first-order valence-electron chi connectivity index (χ1n) is 7.08. The lowest BCUT2D eigenvalue weighted by molar-refractivity contribution is 0.122. The van der Waals surface area contributed by atoms with Gasteiger partial charge in [0.2, 0.25) is 4.96 Å². The lowest BCUT2D eigenvalue weighted by atomic mass is 10.2. The van der Waals surface area contributed by atoms with Crippen molar-refractivity contribution in [2.45, 2.75) is 0 Å². The first kappa shape index (κ1) is 13.4. The van der Waals surface area contributed by atoms with E-state index in [4.69, 9.17) is 4.74 Å². The number of hydrogen-bond acceptors (Lipinski definition) is 6. The van der Waals surface area contributed by atoms with Crippen molar-refractivity contribution in [3.8, 4) is 0 Å². The lowest BCUT2D eigenvalue weighted by Crippen LogP contribution is -2.36. The number of hydrogen-bond donors (Lipinski definition) is 0. The maximum atomic E-state index is 12.1. The number of aromatic nitrogens is 3. The second-order valence-corrected chi connectivity index (χ2v) is 6.07. The molecule has 1 fully saturated rings. The predicted octanol–water partition coefficient (Wildman–Crippen LogP) is 0.535. The van der Waals surface area contributed by atoms with Gasteiger partial charge < -0.3 is 9.64 Å². The Bertz CT molecular complexity index is 894. The third-order valence-electron chi connectivity index (χ3n) is 3.69. The summed E-state index contributed by atoms with van der Waals surface area (Å²) in [4.78, 5) is 19.1. The molecule has 0 spiro atoms. The van der Waals surface area contributed by atoms with E-state index >= 15 is 0 Å². The first-order chi connectivity index (χ1) is 10.8. The van der Waals surface area contributed by atoms with Crippen LogP contribution in [0.1, 0.15) is 5.56 Å². The van der Waals surface area contributed by atoms with Gasteiger partial charge in [-0.3, -0.25) is 4.79 Å². The van der Waals surface area contributed by atoms with Crippen LogP contribution in [0, 0.1) is 0 Å². The van der Waals surface area contributed by atoms with E-state index in [1.165, 1.54) is 27.9 Å². The second-order valence-electron chi connectivity index (χ2n) is 5.06. The number of anilines is 1. The van der Waals surface area contributed by atoms with Gasteiger partial charge in [-0.05, 0) is 23.8 Å². The fourth-order valence-electron chi connectivity index (χ4n) is 2.53. The number of nitrogens with zero attached hydrogens (tertiary/aromatic N) is 4. The van der Waals surface area contributed by atoms with E-state index in [1.807, 2.05) is 18.2 Å². The van der Waals surface area contributed by atoms with Gasteiger partial charge in [-0.1, -0.05) is 23.5 Å². The molecule has 1 aliphatic rings. The average Bonchev–Trinajstić information content (AvgIpc) is 3.13. The molecule has 6 nitrogen and oxygen atoms in total. The number of ether oxygens (including phenoxy) is 1. The van der Waals surface area contributed by atoms with Gasteiger partial charge in [-0.25, -0.2) is 4.98 Å². The molecule has 1 aliphatic heterocycles. The van der Waals surface area contributed by atoms with Crippen molar-refractivity contribution in [3.05, 3.63) is 51.0 Å². The maximum Gasteiger partial charge on any atom is 0.291 e. The summed E-state index contributed by atoms with van der Waals surface area (Å²) in [6.45, 7) is 3.38. The van der Waals surface area contributed by atoms with Crippen LogP contribution in [0.5, 0.6) is 0 Å². The molecule has 22 heavy (non-hydrogen) atoms. The van der Waals surface area contributed by atoms with Crippen LogP contribution in [0.2, 0.25) is 0 Å². The van der Waals surface area contributed by atoms with E-state index in [-0.39, 0.29) is 5.56 Å². The zero-order valence-electron chi connectivity index (χ0n) is 11.8. The fraction of sp³-hybridized carbons (Fsp3) is 0.267. The van der Waals surface area contributed by atoms with Crippen LogP contribution in [-0.2, 0) is 4.74 Å². The molecule has 3 aromatic rings. The van der Waals surface area contributed by atoms with E-state index in [0.717, 1.165) is 31.9 Å². The largest absolute Gasteiger partial charge is 0.378 e. The standard InChI is InChI=1S/C15H14N4O2S/c20-14-13(22-15-16-10-17-19(14)15)9-11-1-3-12(4-2-11)18-5-7-21-8-6-18/h1-4,9-10H,5-8H2/b13-9-. The highest BCUT2D eigenvalue weighted by Crippen LogP contribution is 2.17. The van der Waals surface area contributed by atoms with E-state index in [1.54, 1.807) is 0 Å². The summed E-state index contributed by atoms with van der Waals surface area (Å²) in [5.74, 6) is 0. The van der Waals surface area contributed by atoms with Crippen molar-refractivity contribution >= 4 is 28.1 Å². The van der Waals surface area contributed by atoms with Gasteiger partial charge in [0.05, 0.1) is 17.7 Å². The molecule has 3 heterocycles. The Morgan fingerprint density at radius 1 is 1.18 bits per heavy atom. The molecule has 0 amide bonds. The summed E-state index contributed by atoms with van der Waals surface area (Å²) >= 11 is 1.35. The Balaban J connectivity index is 1.65. The van der Waals surface area contributed by atoms with Crippen LogP contribution in [0.3, 0.4) is 0 Å². The lowest BCUT2D eigenvalue weighted by Gasteiger charge is -2.28. The zero-order chi connectivity index (χ0) is 14.9. The Hall–Kier alpha value is -2.25. The van der Waals surface area contributed by atoms with E-state index in [9.17, 15) is 4.79 Å². The molecule has 0 bridgehead atoms. The third-order valence-corrected chi connectivity index (χ3v) is 4.66. The molecule has 0 N–H and O–H groups in total. The minimum Gasteiger partial charge on any atom is -0.378 e. The molecular weight excluding hydrogens is 300 g/mol. The smallest absolute Gasteiger partial charge is 0.291 e. The van der Waals surface area contributed by atoms with Crippen LogP contribution in [0.4, 0.5) is 5.69 Å². The molecule has 112 valence electrons. The van der Waals surface area contributed by atoms with Crippen molar-refractivity contribution in [2.24, 2.45) is 0 Å². The molecule has 0 atom stereocenters. The highest BCUT2D eigenvalue weighted by Gasteiger charge is 2.10.